The van der Waals surface area contributed by atoms with Crippen molar-refractivity contribution in [3.63, 3.8) is 0 Å². The van der Waals surface area contributed by atoms with E-state index >= 15 is 0 Å². The molecule has 70 valence electrons. The fraction of sp³-hybridized carbons (Fsp3) is 1.00. The Morgan fingerprint density at radius 2 is 1.64 bits per heavy atom. The molecular formula is C6H16NO3S-. The highest BCUT2D eigenvalue weighted by atomic mass is 32.2. The summed E-state index contributed by atoms with van der Waals surface area (Å²) in [4.78, 5) is 0. The van der Waals surface area contributed by atoms with Crippen LogP contribution in [0.1, 0.15) is 26.7 Å². The molecule has 2 N–H and O–H groups in total. The molecule has 0 fully saturated rings. The molecule has 0 saturated carbocycles. The first-order valence-electron chi connectivity index (χ1n) is 3.64. The van der Waals surface area contributed by atoms with Crippen LogP contribution in [0.4, 0.5) is 0 Å². The lowest BCUT2D eigenvalue weighted by atomic mass is 10.4. The molecule has 0 aliphatic carbocycles. The van der Waals surface area contributed by atoms with Crippen LogP contribution in [0, 0.1) is 0 Å². The lowest BCUT2D eigenvalue weighted by Crippen LogP contribution is -2.14. The van der Waals surface area contributed by atoms with Crippen LogP contribution >= 0.6 is 0 Å². The molecule has 0 rings (SSSR count). The van der Waals surface area contributed by atoms with E-state index in [1.807, 2.05) is 0 Å². The van der Waals surface area contributed by atoms with Gasteiger partial charge in [0, 0.05) is 0 Å². The Morgan fingerprint density at radius 3 is 1.82 bits per heavy atom. The van der Waals surface area contributed by atoms with E-state index in [1.54, 1.807) is 0 Å². The summed E-state index contributed by atoms with van der Waals surface area (Å²) in [6, 6.07) is 0. The minimum Gasteiger partial charge on any atom is -0.750 e. The normalized spacial score (nSPS) is 11.6. The predicted octanol–water partition coefficient (Wildman–Crippen LogP) is 0.735. The lowest BCUT2D eigenvalue weighted by Gasteiger charge is -1.95. The lowest BCUT2D eigenvalue weighted by molar-refractivity contribution is 0.436. The maximum atomic E-state index is 8.56. The first kappa shape index (κ1) is 13.6. The van der Waals surface area contributed by atoms with E-state index in [9.17, 15) is 0 Å². The van der Waals surface area contributed by atoms with Gasteiger partial charge in [0.2, 0.25) is 0 Å². The Bertz CT molecular complexity index is 81.9. The first-order chi connectivity index (χ1) is 5.15. The number of hydrogen-bond acceptors (Lipinski definition) is 3. The second-order valence-electron chi connectivity index (χ2n) is 1.97. The fourth-order valence-corrected chi connectivity index (χ4v) is 0.479. The SMILES string of the molecule is CCCNCCC.O=S([O-])O. The Hall–Kier alpha value is 0.0300. The quantitative estimate of drug-likeness (QED) is 0.496. The maximum absolute atomic E-state index is 8.56. The van der Waals surface area contributed by atoms with Crippen molar-refractivity contribution >= 4 is 11.4 Å². The van der Waals surface area contributed by atoms with Gasteiger partial charge < -0.3 is 14.4 Å². The highest BCUT2D eigenvalue weighted by Gasteiger charge is 1.76. The van der Waals surface area contributed by atoms with Crippen molar-refractivity contribution in [1.29, 1.82) is 0 Å². The van der Waals surface area contributed by atoms with Gasteiger partial charge in [0.15, 0.2) is 0 Å². The van der Waals surface area contributed by atoms with Gasteiger partial charge in [0.25, 0.3) is 0 Å². The molecule has 0 aromatic heterocycles. The zero-order chi connectivity index (χ0) is 9.11. The second-order valence-corrected chi connectivity index (χ2v) is 2.40. The highest BCUT2D eigenvalue weighted by molar-refractivity contribution is 7.73. The third-order valence-corrected chi connectivity index (χ3v) is 0.854. The van der Waals surface area contributed by atoms with Gasteiger partial charge in [-0.1, -0.05) is 13.8 Å². The summed E-state index contributed by atoms with van der Waals surface area (Å²) in [5.41, 5.74) is 0. The van der Waals surface area contributed by atoms with E-state index in [4.69, 9.17) is 13.3 Å². The van der Waals surface area contributed by atoms with Crippen molar-refractivity contribution in [3.8, 4) is 0 Å². The largest absolute Gasteiger partial charge is 0.750 e. The Labute approximate surface area is 70.5 Å². The van der Waals surface area contributed by atoms with Crippen LogP contribution in [-0.4, -0.2) is 26.4 Å². The summed E-state index contributed by atoms with van der Waals surface area (Å²) in [7, 11) is 0. The zero-order valence-corrected chi connectivity index (χ0v) is 7.82. The summed E-state index contributed by atoms with van der Waals surface area (Å²) in [5, 5.41) is 3.28. The van der Waals surface area contributed by atoms with Crippen molar-refractivity contribution in [3.05, 3.63) is 0 Å². The summed E-state index contributed by atoms with van der Waals surface area (Å²) in [6.45, 7) is 6.72. The summed E-state index contributed by atoms with van der Waals surface area (Å²) in [5.74, 6) is 0. The van der Waals surface area contributed by atoms with Crippen LogP contribution in [0.15, 0.2) is 0 Å². The molecule has 5 heteroatoms. The summed E-state index contributed by atoms with van der Waals surface area (Å²) in [6.07, 6.45) is 2.50. The van der Waals surface area contributed by atoms with Gasteiger partial charge in [-0.05, 0) is 25.9 Å². The number of hydrogen-bond donors (Lipinski definition) is 2. The number of nitrogens with one attached hydrogen (secondary N) is 1. The monoisotopic (exact) mass is 182 g/mol. The molecule has 0 aromatic carbocycles. The molecule has 1 unspecified atom stereocenters. The van der Waals surface area contributed by atoms with Crippen LogP contribution in [-0.2, 0) is 11.4 Å². The molecule has 0 spiro atoms. The molecule has 0 amide bonds. The average molecular weight is 182 g/mol. The van der Waals surface area contributed by atoms with Gasteiger partial charge in [-0.15, -0.1) is 0 Å². The first-order valence-corrected chi connectivity index (χ1v) is 4.67. The third kappa shape index (κ3) is 39.8. The summed E-state index contributed by atoms with van der Waals surface area (Å²) < 4.78 is 24.1. The molecule has 0 aliphatic rings. The van der Waals surface area contributed by atoms with Crippen molar-refractivity contribution in [2.24, 2.45) is 0 Å². The van der Waals surface area contributed by atoms with Crippen molar-refractivity contribution < 1.29 is 13.3 Å². The van der Waals surface area contributed by atoms with Crippen LogP contribution in [0.3, 0.4) is 0 Å². The second kappa shape index (κ2) is 12.7. The molecule has 0 heterocycles. The van der Waals surface area contributed by atoms with Crippen LogP contribution < -0.4 is 5.32 Å². The standard InChI is InChI=1S/C6H15N.H2O3S/c1-3-5-7-6-4-2;1-4(2)3/h7H,3-6H2,1-2H3;(H2,1,2,3)/p-1. The van der Waals surface area contributed by atoms with Gasteiger partial charge in [-0.25, -0.2) is 4.21 Å². The third-order valence-electron chi connectivity index (χ3n) is 0.854. The average Bonchev–Trinajstić information content (AvgIpc) is 1.88. The van der Waals surface area contributed by atoms with Gasteiger partial charge in [-0.3, -0.25) is 0 Å². The van der Waals surface area contributed by atoms with Gasteiger partial charge in [0.1, 0.15) is 0 Å². The van der Waals surface area contributed by atoms with Crippen molar-refractivity contribution in [2.45, 2.75) is 26.7 Å². The minimum atomic E-state index is -2.86. The molecule has 0 radical (unpaired) electrons. The maximum Gasteiger partial charge on any atom is 0.0814 e. The van der Waals surface area contributed by atoms with E-state index in [0.29, 0.717) is 0 Å². The molecule has 0 bridgehead atoms. The van der Waals surface area contributed by atoms with E-state index in [-0.39, 0.29) is 0 Å². The van der Waals surface area contributed by atoms with E-state index in [0.717, 1.165) is 0 Å². The molecule has 11 heavy (non-hydrogen) atoms. The molecule has 0 aromatic rings. The fourth-order valence-electron chi connectivity index (χ4n) is 0.479. The van der Waals surface area contributed by atoms with Gasteiger partial charge in [-0.2, -0.15) is 0 Å². The van der Waals surface area contributed by atoms with Crippen LogP contribution in [0.5, 0.6) is 0 Å². The molecule has 0 saturated heterocycles. The molecular weight excluding hydrogens is 166 g/mol. The smallest absolute Gasteiger partial charge is 0.0814 e. The van der Waals surface area contributed by atoms with Crippen molar-refractivity contribution in [2.75, 3.05) is 13.1 Å². The molecule has 4 nitrogen and oxygen atoms in total. The van der Waals surface area contributed by atoms with Crippen molar-refractivity contribution in [1.82, 2.24) is 5.32 Å². The highest BCUT2D eigenvalue weighted by Crippen LogP contribution is 1.71. The Kier molecular flexibility index (Phi) is 15.7. The van der Waals surface area contributed by atoms with Gasteiger partial charge >= 0.3 is 0 Å². The van der Waals surface area contributed by atoms with E-state index in [1.165, 1.54) is 25.9 Å². The number of rotatable bonds is 4. The zero-order valence-electron chi connectivity index (χ0n) is 7.00. The predicted molar refractivity (Wildman–Crippen MR) is 45.0 cm³/mol. The van der Waals surface area contributed by atoms with E-state index < -0.39 is 11.4 Å². The molecule has 1 atom stereocenters. The Balaban J connectivity index is 0. The van der Waals surface area contributed by atoms with Crippen LogP contribution in [0.25, 0.3) is 0 Å². The topological polar surface area (TPSA) is 72.4 Å². The Morgan fingerprint density at radius 1 is 1.36 bits per heavy atom. The molecule has 0 aliphatic heterocycles. The van der Waals surface area contributed by atoms with Gasteiger partial charge in [0.05, 0.1) is 11.4 Å². The van der Waals surface area contributed by atoms with Crippen LogP contribution in [0.2, 0.25) is 0 Å². The minimum absolute atomic E-state index is 1.17. The summed E-state index contributed by atoms with van der Waals surface area (Å²) >= 11 is -2.86. The van der Waals surface area contributed by atoms with E-state index in [2.05, 4.69) is 19.2 Å².